The van der Waals surface area contributed by atoms with Crippen molar-refractivity contribution in [2.45, 2.75) is 13.3 Å². The van der Waals surface area contributed by atoms with Gasteiger partial charge in [-0.15, -0.1) is 12.4 Å². The molecule has 0 unspecified atom stereocenters. The molecule has 0 saturated carbocycles. The molecule has 64 valence electrons. The summed E-state index contributed by atoms with van der Waals surface area (Å²) in [6.45, 7) is 2.74. The molecule has 4 nitrogen and oxygen atoms in total. The summed E-state index contributed by atoms with van der Waals surface area (Å²) in [6, 6.07) is 0. The third kappa shape index (κ3) is 121. The average molecular weight is 170 g/mol. The van der Waals surface area contributed by atoms with Crippen molar-refractivity contribution in [3.63, 3.8) is 0 Å². The number of carbonyl (C=O) groups excluding carboxylic acids is 1. The number of primary amides is 1. The van der Waals surface area contributed by atoms with Crippen LogP contribution in [0.3, 0.4) is 0 Å². The van der Waals surface area contributed by atoms with Gasteiger partial charge >= 0.3 is 0 Å². The first-order valence-corrected chi connectivity index (χ1v) is 2.81. The van der Waals surface area contributed by atoms with Crippen molar-refractivity contribution in [3.8, 4) is 0 Å². The highest BCUT2D eigenvalue weighted by atomic mass is 35.5. The maximum absolute atomic E-state index is 9.22. The van der Waals surface area contributed by atoms with E-state index in [0.717, 1.165) is 19.5 Å². The zero-order valence-electron chi connectivity index (χ0n) is 6.17. The van der Waals surface area contributed by atoms with E-state index in [4.69, 9.17) is 11.5 Å². The van der Waals surface area contributed by atoms with E-state index in [-0.39, 0.29) is 18.3 Å². The lowest BCUT2D eigenvalue weighted by Gasteiger charge is -1.81. The topological polar surface area (TPSA) is 95.1 Å². The first-order chi connectivity index (χ1) is 4.15. The number of amides is 1. The van der Waals surface area contributed by atoms with Crippen LogP contribution in [-0.4, -0.2) is 19.0 Å². The van der Waals surface area contributed by atoms with Gasteiger partial charge < -0.3 is 17.2 Å². The van der Waals surface area contributed by atoms with Gasteiger partial charge in [-0.1, -0.05) is 0 Å². The molecule has 10 heavy (non-hydrogen) atoms. The maximum atomic E-state index is 9.22. The molecule has 0 saturated heterocycles. The summed E-state index contributed by atoms with van der Waals surface area (Å²) in [6.07, 6.45) is 0.944. The van der Waals surface area contributed by atoms with Gasteiger partial charge in [0.05, 0.1) is 0 Å². The standard InChI is InChI=1S/C3H10N2.C2H5NO.ClH/c4-2-1-3-5;1-2(3)4;/h1-5H2;1H3,(H2,3,4);1H. The van der Waals surface area contributed by atoms with E-state index in [1.165, 1.54) is 6.92 Å². The predicted octanol–water partition coefficient (Wildman–Crippen LogP) is -0.793. The molecule has 0 aromatic carbocycles. The summed E-state index contributed by atoms with van der Waals surface area (Å²) in [7, 11) is 0. The van der Waals surface area contributed by atoms with Gasteiger partial charge in [-0.05, 0) is 19.5 Å². The summed E-state index contributed by atoms with van der Waals surface area (Å²) < 4.78 is 0. The normalized spacial score (nSPS) is 6.70. The Morgan fingerprint density at radius 1 is 1.30 bits per heavy atom. The van der Waals surface area contributed by atoms with E-state index in [9.17, 15) is 4.79 Å². The molecule has 0 fully saturated rings. The Labute approximate surface area is 67.5 Å². The Balaban J connectivity index is -0.0000000910. The largest absolute Gasteiger partial charge is 0.370 e. The molecule has 0 aromatic heterocycles. The fourth-order valence-electron chi connectivity index (χ4n) is 0.118. The number of halogens is 1. The van der Waals surface area contributed by atoms with E-state index in [1.54, 1.807) is 0 Å². The quantitative estimate of drug-likeness (QED) is 0.506. The zero-order chi connectivity index (χ0) is 7.70. The SMILES string of the molecule is CC(N)=O.Cl.NCCCN. The monoisotopic (exact) mass is 169 g/mol. The van der Waals surface area contributed by atoms with Crippen LogP contribution in [-0.2, 0) is 4.79 Å². The van der Waals surface area contributed by atoms with Crippen molar-refractivity contribution in [3.05, 3.63) is 0 Å². The van der Waals surface area contributed by atoms with E-state index >= 15 is 0 Å². The van der Waals surface area contributed by atoms with Crippen molar-refractivity contribution >= 4 is 18.3 Å². The van der Waals surface area contributed by atoms with Crippen LogP contribution < -0.4 is 17.2 Å². The molecule has 1 amide bonds. The van der Waals surface area contributed by atoms with Crippen LogP contribution in [0.15, 0.2) is 0 Å². The van der Waals surface area contributed by atoms with Crippen LogP contribution in [0.4, 0.5) is 0 Å². The highest BCUT2D eigenvalue weighted by molar-refractivity contribution is 5.85. The summed E-state index contributed by atoms with van der Waals surface area (Å²) in [5.41, 5.74) is 14.6. The molecule has 0 radical (unpaired) electrons. The summed E-state index contributed by atoms with van der Waals surface area (Å²) in [5.74, 6) is -0.333. The maximum Gasteiger partial charge on any atom is 0.214 e. The average Bonchev–Trinajstić information content (AvgIpc) is 1.66. The van der Waals surface area contributed by atoms with Crippen LogP contribution in [0.5, 0.6) is 0 Å². The fraction of sp³-hybridized carbons (Fsp3) is 0.800. The highest BCUT2D eigenvalue weighted by Crippen LogP contribution is 1.58. The molecular weight excluding hydrogens is 154 g/mol. The van der Waals surface area contributed by atoms with Crippen LogP contribution in [0, 0.1) is 0 Å². The third-order valence-electron chi connectivity index (χ3n) is 0.408. The van der Waals surface area contributed by atoms with Crippen LogP contribution in [0.25, 0.3) is 0 Å². The number of nitrogens with two attached hydrogens (primary N) is 3. The van der Waals surface area contributed by atoms with Gasteiger partial charge in [0, 0.05) is 6.92 Å². The fourth-order valence-corrected chi connectivity index (χ4v) is 0.118. The second kappa shape index (κ2) is 15.9. The molecule has 0 aromatic rings. The number of carbonyl (C=O) groups is 1. The third-order valence-corrected chi connectivity index (χ3v) is 0.408. The van der Waals surface area contributed by atoms with Crippen LogP contribution in [0.1, 0.15) is 13.3 Å². The number of hydrogen-bond donors (Lipinski definition) is 3. The lowest BCUT2D eigenvalue weighted by Crippen LogP contribution is -2.06. The molecule has 0 aliphatic heterocycles. The van der Waals surface area contributed by atoms with Gasteiger partial charge in [0.15, 0.2) is 0 Å². The summed E-state index contributed by atoms with van der Waals surface area (Å²) in [4.78, 5) is 9.22. The molecule has 0 heterocycles. The van der Waals surface area contributed by atoms with Gasteiger partial charge in [-0.3, -0.25) is 4.79 Å². The minimum absolute atomic E-state index is 0. The molecule has 0 bridgehead atoms. The minimum Gasteiger partial charge on any atom is -0.370 e. The van der Waals surface area contributed by atoms with Crippen molar-refractivity contribution in [1.82, 2.24) is 0 Å². The highest BCUT2D eigenvalue weighted by Gasteiger charge is 1.67. The molecule has 6 N–H and O–H groups in total. The number of rotatable bonds is 2. The second-order valence-electron chi connectivity index (χ2n) is 1.54. The van der Waals surface area contributed by atoms with E-state index in [0.29, 0.717) is 0 Å². The molecule has 0 aliphatic rings. The van der Waals surface area contributed by atoms with Gasteiger partial charge in [-0.2, -0.15) is 0 Å². The predicted molar refractivity (Wildman–Crippen MR) is 44.8 cm³/mol. The van der Waals surface area contributed by atoms with Gasteiger partial charge in [0.1, 0.15) is 0 Å². The van der Waals surface area contributed by atoms with Gasteiger partial charge in [0.2, 0.25) is 5.91 Å². The minimum atomic E-state index is -0.333. The lowest BCUT2D eigenvalue weighted by atomic mass is 10.4. The van der Waals surface area contributed by atoms with Crippen LogP contribution in [0.2, 0.25) is 0 Å². The molecule has 0 rings (SSSR count). The summed E-state index contributed by atoms with van der Waals surface area (Å²) >= 11 is 0. The van der Waals surface area contributed by atoms with E-state index < -0.39 is 0 Å². The van der Waals surface area contributed by atoms with Crippen molar-refractivity contribution in [2.75, 3.05) is 13.1 Å². The molecule has 0 spiro atoms. The Morgan fingerprint density at radius 2 is 1.50 bits per heavy atom. The van der Waals surface area contributed by atoms with Gasteiger partial charge in [-0.25, -0.2) is 0 Å². The van der Waals surface area contributed by atoms with Crippen molar-refractivity contribution < 1.29 is 4.79 Å². The summed E-state index contributed by atoms with van der Waals surface area (Å²) in [5, 5.41) is 0. The molecule has 0 aliphatic carbocycles. The zero-order valence-corrected chi connectivity index (χ0v) is 6.99. The van der Waals surface area contributed by atoms with E-state index in [2.05, 4.69) is 5.73 Å². The molecule has 0 atom stereocenters. The molecule has 5 heteroatoms. The van der Waals surface area contributed by atoms with Gasteiger partial charge in [0.25, 0.3) is 0 Å². The number of hydrogen-bond acceptors (Lipinski definition) is 3. The van der Waals surface area contributed by atoms with E-state index in [1.807, 2.05) is 0 Å². The Morgan fingerprint density at radius 3 is 1.50 bits per heavy atom. The second-order valence-corrected chi connectivity index (χ2v) is 1.54. The first-order valence-electron chi connectivity index (χ1n) is 2.81. The Hall–Kier alpha value is -0.320. The smallest absolute Gasteiger partial charge is 0.214 e. The Kier molecular flexibility index (Phi) is 25.9. The van der Waals surface area contributed by atoms with Crippen molar-refractivity contribution in [2.24, 2.45) is 17.2 Å². The molecular formula is C5H16ClN3O. The first kappa shape index (κ1) is 16.3. The lowest BCUT2D eigenvalue weighted by molar-refractivity contribution is -0.115. The Bertz CT molecular complexity index is 63.9. The van der Waals surface area contributed by atoms with Crippen LogP contribution >= 0.6 is 12.4 Å². The van der Waals surface area contributed by atoms with Crippen molar-refractivity contribution in [1.29, 1.82) is 0 Å².